The van der Waals surface area contributed by atoms with Gasteiger partial charge in [-0.25, -0.2) is 4.98 Å². The topological polar surface area (TPSA) is 67.3 Å². The maximum Gasteiger partial charge on any atom is 0.162 e. The first-order valence-corrected chi connectivity index (χ1v) is 5.64. The maximum absolute atomic E-state index is 9.47. The first-order valence-electron chi connectivity index (χ1n) is 5.64. The minimum atomic E-state index is 0.478. The molecule has 0 bridgehead atoms. The van der Waals surface area contributed by atoms with Crippen molar-refractivity contribution in [1.82, 2.24) is 19.8 Å². The lowest BCUT2D eigenvalue weighted by atomic mass is 10.3. The summed E-state index contributed by atoms with van der Waals surface area (Å²) in [6.07, 6.45) is 0. The van der Waals surface area contributed by atoms with E-state index < -0.39 is 0 Å². The molecule has 0 atom stereocenters. The molecule has 2 aromatic heterocycles. The van der Waals surface area contributed by atoms with E-state index in [2.05, 4.69) is 21.6 Å². The lowest BCUT2D eigenvalue weighted by Gasteiger charge is -2.08. The third kappa shape index (κ3) is 1.57. The zero-order valence-electron chi connectivity index (χ0n) is 9.84. The molecule has 0 radical (unpaired) electrons. The van der Waals surface area contributed by atoms with Crippen LogP contribution >= 0.6 is 0 Å². The minimum absolute atomic E-state index is 0.478. The van der Waals surface area contributed by atoms with E-state index in [0.717, 1.165) is 35.2 Å². The molecule has 1 N–H and O–H groups in total. The van der Waals surface area contributed by atoms with Crippen molar-refractivity contribution >= 4 is 0 Å². The molecular weight excluding hydrogens is 220 g/mol. The summed E-state index contributed by atoms with van der Waals surface area (Å²) in [4.78, 5) is 4.53. The number of hydroxylamine groups is 2. The Balaban J connectivity index is 2.10. The van der Waals surface area contributed by atoms with Crippen LogP contribution in [0, 0.1) is 6.92 Å². The van der Waals surface area contributed by atoms with Gasteiger partial charge >= 0.3 is 0 Å². The highest BCUT2D eigenvalue weighted by Gasteiger charge is 2.26. The van der Waals surface area contributed by atoms with E-state index in [4.69, 9.17) is 4.52 Å². The van der Waals surface area contributed by atoms with Crippen LogP contribution < -0.4 is 0 Å². The van der Waals surface area contributed by atoms with Crippen molar-refractivity contribution in [2.75, 3.05) is 0 Å². The van der Waals surface area contributed by atoms with Crippen molar-refractivity contribution in [2.24, 2.45) is 0 Å². The number of rotatable bonds is 2. The molecule has 0 spiro atoms. The minimum Gasteiger partial charge on any atom is -0.361 e. The second kappa shape index (κ2) is 3.68. The van der Waals surface area contributed by atoms with Gasteiger partial charge in [-0.1, -0.05) is 5.16 Å². The van der Waals surface area contributed by atoms with E-state index in [1.54, 1.807) is 0 Å². The summed E-state index contributed by atoms with van der Waals surface area (Å²) in [5, 5.41) is 14.7. The molecule has 1 aliphatic heterocycles. The standard InChI is InChI=1S/C11H14N4O2/c1-3-15-10-6-14(16)5-9(10)12-11(15)8-4-7(2)17-13-8/h4,16H,3,5-6H2,1-2H3. The Kier molecular flexibility index (Phi) is 2.27. The van der Waals surface area contributed by atoms with E-state index >= 15 is 0 Å². The van der Waals surface area contributed by atoms with E-state index in [1.807, 2.05) is 13.0 Å². The molecule has 90 valence electrons. The SMILES string of the molecule is CCn1c(-c2cc(C)on2)nc2c1CN(O)C2. The Labute approximate surface area is 98.4 Å². The molecule has 1 aliphatic rings. The van der Waals surface area contributed by atoms with Gasteiger partial charge in [0.2, 0.25) is 0 Å². The highest BCUT2D eigenvalue weighted by molar-refractivity contribution is 5.52. The zero-order chi connectivity index (χ0) is 12.0. The van der Waals surface area contributed by atoms with Gasteiger partial charge in [0.05, 0.1) is 24.5 Å². The van der Waals surface area contributed by atoms with Crippen molar-refractivity contribution in [3.63, 3.8) is 0 Å². The van der Waals surface area contributed by atoms with Crippen molar-refractivity contribution in [3.8, 4) is 11.5 Å². The van der Waals surface area contributed by atoms with E-state index in [9.17, 15) is 5.21 Å². The summed E-state index contributed by atoms with van der Waals surface area (Å²) in [5.41, 5.74) is 2.74. The molecule has 0 saturated heterocycles. The number of hydrogen-bond donors (Lipinski definition) is 1. The molecule has 0 fully saturated rings. The molecule has 17 heavy (non-hydrogen) atoms. The molecule has 6 heteroatoms. The normalized spacial score (nSPS) is 15.5. The fourth-order valence-corrected chi connectivity index (χ4v) is 2.25. The fraction of sp³-hybridized carbons (Fsp3) is 0.455. The summed E-state index contributed by atoms with van der Waals surface area (Å²) in [6, 6.07) is 1.88. The first kappa shape index (κ1) is 10.5. The van der Waals surface area contributed by atoms with Crippen LogP contribution in [0.3, 0.4) is 0 Å². The summed E-state index contributed by atoms with van der Waals surface area (Å²) in [6.45, 7) is 5.72. The second-order valence-corrected chi connectivity index (χ2v) is 4.22. The van der Waals surface area contributed by atoms with E-state index in [-0.39, 0.29) is 0 Å². The summed E-state index contributed by atoms with van der Waals surface area (Å²) >= 11 is 0. The highest BCUT2D eigenvalue weighted by atomic mass is 16.5. The smallest absolute Gasteiger partial charge is 0.162 e. The van der Waals surface area contributed by atoms with Crippen molar-refractivity contribution in [2.45, 2.75) is 33.5 Å². The summed E-state index contributed by atoms with van der Waals surface area (Å²) in [7, 11) is 0. The molecule has 3 heterocycles. The third-order valence-electron chi connectivity index (χ3n) is 2.99. The quantitative estimate of drug-likeness (QED) is 0.854. The molecule has 2 aromatic rings. The number of imidazole rings is 1. The predicted molar refractivity (Wildman–Crippen MR) is 59.2 cm³/mol. The molecule has 0 saturated carbocycles. The highest BCUT2D eigenvalue weighted by Crippen LogP contribution is 2.27. The number of hydrogen-bond acceptors (Lipinski definition) is 5. The summed E-state index contributed by atoms with van der Waals surface area (Å²) < 4.78 is 7.15. The molecule has 0 aliphatic carbocycles. The molecule has 0 aromatic carbocycles. The Morgan fingerprint density at radius 2 is 2.29 bits per heavy atom. The Morgan fingerprint density at radius 1 is 1.47 bits per heavy atom. The molecule has 0 unspecified atom stereocenters. The van der Waals surface area contributed by atoms with Gasteiger partial charge in [-0.3, -0.25) is 0 Å². The number of aryl methyl sites for hydroxylation is 1. The fourth-order valence-electron chi connectivity index (χ4n) is 2.25. The van der Waals surface area contributed by atoms with Crippen LogP contribution in [0.1, 0.15) is 24.1 Å². The average Bonchev–Trinajstić information content (AvgIpc) is 2.91. The lowest BCUT2D eigenvalue weighted by molar-refractivity contribution is -0.0985. The predicted octanol–water partition coefficient (Wildman–Crippen LogP) is 1.57. The number of fused-ring (bicyclic) bond motifs is 1. The summed E-state index contributed by atoms with van der Waals surface area (Å²) in [5.74, 6) is 1.59. The van der Waals surface area contributed by atoms with Crippen molar-refractivity contribution in [1.29, 1.82) is 0 Å². The van der Waals surface area contributed by atoms with Gasteiger partial charge < -0.3 is 14.3 Å². The zero-order valence-corrected chi connectivity index (χ0v) is 9.84. The van der Waals surface area contributed by atoms with Gasteiger partial charge in [0.15, 0.2) is 5.82 Å². The Hall–Kier alpha value is -1.66. The van der Waals surface area contributed by atoms with E-state index in [0.29, 0.717) is 13.1 Å². The van der Waals surface area contributed by atoms with Crippen LogP contribution in [0.5, 0.6) is 0 Å². The van der Waals surface area contributed by atoms with Gasteiger partial charge in [-0.15, -0.1) is 0 Å². The lowest BCUT2D eigenvalue weighted by Crippen LogP contribution is -2.13. The monoisotopic (exact) mass is 234 g/mol. The van der Waals surface area contributed by atoms with Crippen LogP contribution in [0.25, 0.3) is 11.5 Å². The van der Waals surface area contributed by atoms with Crippen molar-refractivity contribution in [3.05, 3.63) is 23.2 Å². The van der Waals surface area contributed by atoms with Crippen LogP contribution in [0.15, 0.2) is 10.6 Å². The van der Waals surface area contributed by atoms with Gasteiger partial charge in [0.1, 0.15) is 11.5 Å². The molecule has 6 nitrogen and oxygen atoms in total. The molecule has 3 rings (SSSR count). The average molecular weight is 234 g/mol. The largest absolute Gasteiger partial charge is 0.361 e. The van der Waals surface area contributed by atoms with E-state index in [1.165, 1.54) is 5.06 Å². The van der Waals surface area contributed by atoms with Gasteiger partial charge in [0, 0.05) is 12.6 Å². The van der Waals surface area contributed by atoms with Crippen LogP contribution in [0.4, 0.5) is 0 Å². The van der Waals surface area contributed by atoms with Gasteiger partial charge in [0.25, 0.3) is 0 Å². The second-order valence-electron chi connectivity index (χ2n) is 4.22. The third-order valence-corrected chi connectivity index (χ3v) is 2.99. The number of aromatic nitrogens is 3. The first-order chi connectivity index (χ1) is 8.19. The van der Waals surface area contributed by atoms with Gasteiger partial charge in [-0.05, 0) is 13.8 Å². The molecule has 0 amide bonds. The Morgan fingerprint density at radius 3 is 2.94 bits per heavy atom. The van der Waals surface area contributed by atoms with Gasteiger partial charge in [-0.2, -0.15) is 5.06 Å². The number of nitrogens with zero attached hydrogens (tertiary/aromatic N) is 4. The Bertz CT molecular complexity index is 558. The van der Waals surface area contributed by atoms with Crippen LogP contribution in [-0.2, 0) is 19.6 Å². The van der Waals surface area contributed by atoms with Crippen molar-refractivity contribution < 1.29 is 9.73 Å². The van der Waals surface area contributed by atoms with Crippen LogP contribution in [-0.4, -0.2) is 25.0 Å². The molecular formula is C11H14N4O2. The maximum atomic E-state index is 9.47. The van der Waals surface area contributed by atoms with Crippen LogP contribution in [0.2, 0.25) is 0 Å².